The number of nitrogens with one attached hydrogen (secondary N) is 3. The normalized spacial score (nSPS) is 10.3. The van der Waals surface area contributed by atoms with Gasteiger partial charge in [-0.15, -0.1) is 0 Å². The Kier molecular flexibility index (Phi) is 6.99. The third-order valence-corrected chi connectivity index (χ3v) is 3.00. The van der Waals surface area contributed by atoms with Gasteiger partial charge in [0.25, 0.3) is 0 Å². The van der Waals surface area contributed by atoms with Crippen LogP contribution >= 0.6 is 0 Å². The molecule has 0 unspecified atom stereocenters. The minimum absolute atomic E-state index is 0.0149. The van der Waals surface area contributed by atoms with Crippen molar-refractivity contribution >= 4 is 17.8 Å². The lowest BCUT2D eigenvalue weighted by atomic mass is 10.3. The number of hydrogen-bond acceptors (Lipinski definition) is 8. The van der Waals surface area contributed by atoms with Gasteiger partial charge in [0.2, 0.25) is 17.8 Å². The Morgan fingerprint density at radius 1 is 0.957 bits per heavy atom. The van der Waals surface area contributed by atoms with E-state index in [9.17, 15) is 0 Å². The minimum atomic E-state index is 0.0149. The molecule has 2 aromatic heterocycles. The van der Waals surface area contributed by atoms with Crippen LogP contribution in [-0.2, 0) is 6.54 Å². The lowest BCUT2D eigenvalue weighted by Crippen LogP contribution is -2.15. The van der Waals surface area contributed by atoms with Crippen LogP contribution in [0.5, 0.6) is 0 Å². The topological polar surface area (TPSA) is 108 Å². The molecule has 0 aromatic carbocycles. The van der Waals surface area contributed by atoms with Gasteiger partial charge in [-0.05, 0) is 18.6 Å². The largest absolute Gasteiger partial charge is 0.395 e. The summed E-state index contributed by atoms with van der Waals surface area (Å²) in [5.74, 6) is 1.40. The Bertz CT molecular complexity index is 579. The van der Waals surface area contributed by atoms with E-state index < -0.39 is 0 Å². The first kappa shape index (κ1) is 16.9. The van der Waals surface area contributed by atoms with E-state index in [4.69, 9.17) is 5.11 Å². The van der Waals surface area contributed by atoms with Crippen molar-refractivity contribution in [3.8, 4) is 0 Å². The summed E-state index contributed by atoms with van der Waals surface area (Å²) in [5, 5.41) is 18.2. The minimum Gasteiger partial charge on any atom is -0.395 e. The fourth-order valence-electron chi connectivity index (χ4n) is 1.83. The maximum absolute atomic E-state index is 8.92. The molecular formula is C15H23N7O. The summed E-state index contributed by atoms with van der Waals surface area (Å²) in [7, 11) is 0. The van der Waals surface area contributed by atoms with E-state index in [-0.39, 0.29) is 6.61 Å². The van der Waals surface area contributed by atoms with E-state index in [2.05, 4.69) is 42.8 Å². The fraction of sp³-hybridized carbons (Fsp3) is 0.467. The second-order valence-corrected chi connectivity index (χ2v) is 4.91. The second kappa shape index (κ2) is 9.52. The Morgan fingerprint density at radius 3 is 2.26 bits per heavy atom. The molecule has 23 heavy (non-hydrogen) atoms. The van der Waals surface area contributed by atoms with Crippen LogP contribution in [0.15, 0.2) is 24.4 Å². The first-order valence-electron chi connectivity index (χ1n) is 7.80. The number of pyridine rings is 1. The maximum Gasteiger partial charge on any atom is 0.229 e. The van der Waals surface area contributed by atoms with Crippen molar-refractivity contribution in [3.05, 3.63) is 30.1 Å². The van der Waals surface area contributed by atoms with Gasteiger partial charge in [-0.3, -0.25) is 4.98 Å². The molecule has 0 bridgehead atoms. The van der Waals surface area contributed by atoms with Gasteiger partial charge in [-0.2, -0.15) is 15.0 Å². The summed E-state index contributed by atoms with van der Waals surface area (Å²) < 4.78 is 0. The van der Waals surface area contributed by atoms with Gasteiger partial charge in [0, 0.05) is 19.3 Å². The van der Waals surface area contributed by atoms with E-state index in [1.54, 1.807) is 6.20 Å². The van der Waals surface area contributed by atoms with Crippen LogP contribution in [0.1, 0.15) is 25.5 Å². The standard InChI is InChI=1S/C15H23N7O/c1-2-3-7-17-13-20-14(18-9-10-23)22-15(21-13)19-11-12-6-4-5-8-16-12/h4-6,8,23H,2-3,7,9-11H2,1H3,(H3,17,18,19,20,21,22). The first-order chi connectivity index (χ1) is 11.3. The molecule has 0 saturated carbocycles. The highest BCUT2D eigenvalue weighted by atomic mass is 16.3. The van der Waals surface area contributed by atoms with Crippen LogP contribution in [0.4, 0.5) is 17.8 Å². The molecule has 2 aromatic rings. The average molecular weight is 317 g/mol. The Labute approximate surface area is 135 Å². The summed E-state index contributed by atoms with van der Waals surface area (Å²) in [5.41, 5.74) is 0.901. The number of aromatic nitrogens is 4. The Balaban J connectivity index is 2.04. The van der Waals surface area contributed by atoms with Crippen LogP contribution in [0, 0.1) is 0 Å². The maximum atomic E-state index is 8.92. The van der Waals surface area contributed by atoms with Crippen molar-refractivity contribution in [2.45, 2.75) is 26.3 Å². The van der Waals surface area contributed by atoms with Gasteiger partial charge in [0.15, 0.2) is 0 Å². The van der Waals surface area contributed by atoms with Crippen molar-refractivity contribution in [2.24, 2.45) is 0 Å². The third kappa shape index (κ3) is 6.03. The van der Waals surface area contributed by atoms with E-state index in [0.29, 0.717) is 30.9 Å². The highest BCUT2D eigenvalue weighted by Gasteiger charge is 2.06. The van der Waals surface area contributed by atoms with Crippen LogP contribution in [0.3, 0.4) is 0 Å². The first-order valence-corrected chi connectivity index (χ1v) is 7.80. The predicted molar refractivity (Wildman–Crippen MR) is 90.4 cm³/mol. The molecule has 0 aliphatic rings. The van der Waals surface area contributed by atoms with Crippen LogP contribution in [-0.4, -0.2) is 44.7 Å². The number of aliphatic hydroxyl groups excluding tert-OH is 1. The van der Waals surface area contributed by atoms with E-state index in [1.165, 1.54) is 0 Å². The third-order valence-electron chi connectivity index (χ3n) is 3.00. The molecule has 0 fully saturated rings. The van der Waals surface area contributed by atoms with Gasteiger partial charge in [0.1, 0.15) is 0 Å². The van der Waals surface area contributed by atoms with E-state index in [0.717, 1.165) is 25.1 Å². The van der Waals surface area contributed by atoms with Crippen molar-refractivity contribution in [3.63, 3.8) is 0 Å². The van der Waals surface area contributed by atoms with Crippen LogP contribution in [0.25, 0.3) is 0 Å². The molecule has 0 spiro atoms. The molecule has 8 nitrogen and oxygen atoms in total. The summed E-state index contributed by atoms with van der Waals surface area (Å²) in [4.78, 5) is 17.2. The van der Waals surface area contributed by atoms with Crippen LogP contribution in [0.2, 0.25) is 0 Å². The highest BCUT2D eigenvalue weighted by molar-refractivity contribution is 5.42. The number of nitrogens with zero attached hydrogens (tertiary/aromatic N) is 4. The van der Waals surface area contributed by atoms with Gasteiger partial charge < -0.3 is 21.1 Å². The predicted octanol–water partition coefficient (Wildman–Crippen LogP) is 1.49. The molecule has 8 heteroatoms. The average Bonchev–Trinajstić information content (AvgIpc) is 2.59. The Morgan fingerprint density at radius 2 is 1.65 bits per heavy atom. The lowest BCUT2D eigenvalue weighted by Gasteiger charge is -2.10. The zero-order valence-electron chi connectivity index (χ0n) is 13.3. The highest BCUT2D eigenvalue weighted by Crippen LogP contribution is 2.10. The Hall–Kier alpha value is -2.48. The zero-order valence-corrected chi connectivity index (χ0v) is 13.3. The quantitative estimate of drug-likeness (QED) is 0.488. The van der Waals surface area contributed by atoms with Crippen molar-refractivity contribution in [1.29, 1.82) is 0 Å². The number of unbranched alkanes of at least 4 members (excludes halogenated alkanes) is 1. The molecule has 0 aliphatic heterocycles. The SMILES string of the molecule is CCCCNc1nc(NCCO)nc(NCc2ccccn2)n1. The van der Waals surface area contributed by atoms with Crippen LogP contribution < -0.4 is 16.0 Å². The lowest BCUT2D eigenvalue weighted by molar-refractivity contribution is 0.311. The number of rotatable bonds is 10. The summed E-state index contributed by atoms with van der Waals surface area (Å²) in [6.45, 7) is 3.86. The number of aliphatic hydroxyl groups is 1. The van der Waals surface area contributed by atoms with Gasteiger partial charge in [-0.1, -0.05) is 19.4 Å². The monoisotopic (exact) mass is 317 g/mol. The molecule has 0 aliphatic carbocycles. The summed E-state index contributed by atoms with van der Waals surface area (Å²) in [6.07, 6.45) is 3.89. The molecule has 2 heterocycles. The number of hydrogen-bond donors (Lipinski definition) is 4. The van der Waals surface area contributed by atoms with Crippen molar-refractivity contribution in [2.75, 3.05) is 35.6 Å². The molecule has 0 radical (unpaired) electrons. The molecule has 0 atom stereocenters. The fourth-order valence-corrected chi connectivity index (χ4v) is 1.83. The van der Waals surface area contributed by atoms with E-state index >= 15 is 0 Å². The smallest absolute Gasteiger partial charge is 0.229 e. The molecular weight excluding hydrogens is 294 g/mol. The molecule has 124 valence electrons. The molecule has 0 amide bonds. The zero-order chi connectivity index (χ0) is 16.3. The van der Waals surface area contributed by atoms with Crippen molar-refractivity contribution < 1.29 is 5.11 Å². The van der Waals surface area contributed by atoms with Crippen molar-refractivity contribution in [1.82, 2.24) is 19.9 Å². The second-order valence-electron chi connectivity index (χ2n) is 4.91. The number of anilines is 3. The molecule has 0 saturated heterocycles. The van der Waals surface area contributed by atoms with Gasteiger partial charge in [-0.25, -0.2) is 0 Å². The van der Waals surface area contributed by atoms with Gasteiger partial charge >= 0.3 is 0 Å². The van der Waals surface area contributed by atoms with E-state index in [1.807, 2.05) is 18.2 Å². The van der Waals surface area contributed by atoms with Gasteiger partial charge in [0.05, 0.1) is 18.8 Å². The summed E-state index contributed by atoms with van der Waals surface area (Å²) in [6, 6.07) is 5.74. The molecule has 4 N–H and O–H groups in total. The molecule has 2 rings (SSSR count). The summed E-state index contributed by atoms with van der Waals surface area (Å²) >= 11 is 0.